The van der Waals surface area contributed by atoms with Crippen LogP contribution in [0.4, 0.5) is 0 Å². The number of hydrogen-bond donors (Lipinski definition) is 3. The highest BCUT2D eigenvalue weighted by molar-refractivity contribution is 5.96. The fourth-order valence-electron chi connectivity index (χ4n) is 8.74. The van der Waals surface area contributed by atoms with Gasteiger partial charge in [0.05, 0.1) is 26.0 Å². The highest BCUT2D eigenvalue weighted by Gasteiger charge is 2.77. The number of carbonyl (C=O) groups excluding carboxylic acids is 3. The molecule has 7 atom stereocenters. The number of hydroxylamine groups is 2. The predicted molar refractivity (Wildman–Crippen MR) is 188 cm³/mol. The van der Waals surface area contributed by atoms with Crippen LogP contribution in [0.15, 0.2) is 91.2 Å². The van der Waals surface area contributed by atoms with Crippen LogP contribution in [-0.2, 0) is 50.5 Å². The van der Waals surface area contributed by atoms with Gasteiger partial charge in [0.15, 0.2) is 6.04 Å². The number of nitrogens with one attached hydrogen (secondary N) is 1. The number of fused-ring (bicyclic) bond motifs is 4. The Morgan fingerprint density at radius 3 is 2.40 bits per heavy atom. The summed E-state index contributed by atoms with van der Waals surface area (Å²) < 4.78 is 25.5. The number of esters is 1. The van der Waals surface area contributed by atoms with Gasteiger partial charge in [-0.25, -0.2) is 0 Å². The van der Waals surface area contributed by atoms with E-state index in [-0.39, 0.29) is 51.1 Å². The zero-order valence-corrected chi connectivity index (χ0v) is 29.1. The average Bonchev–Trinajstić information content (AvgIpc) is 3.93. The second-order valence-corrected chi connectivity index (χ2v) is 14.1. The monoisotopic (exact) mass is 725 g/mol. The van der Waals surface area contributed by atoms with Gasteiger partial charge < -0.3 is 39.4 Å². The molecule has 5 aliphatic rings. The van der Waals surface area contributed by atoms with E-state index in [1.807, 2.05) is 84.9 Å². The standard InChI is InChI=1S/C40H43N3O10/c44-19-17-41-36(46)30-15-8-18-42(30)38(48)39-24-31-32-33(52-40(51-32,28-11-3-1-4-12-28)29-13-5-2-6-14-29)35(39)53-43(34(39)37(47)50-31)25-27-10-7-9-26(23-27)16-21-49-22-20-45/h1-7,9-14,16,21,23,30-35,44-45H,8,15,17-20,22,24-25H2,(H,41,46). The van der Waals surface area contributed by atoms with Gasteiger partial charge in [-0.2, -0.15) is 5.06 Å². The minimum absolute atomic E-state index is 0.0663. The smallest absolute Gasteiger partial charge is 0.327 e. The Hall–Kier alpha value is -4.63. The van der Waals surface area contributed by atoms with E-state index in [2.05, 4.69) is 5.32 Å². The van der Waals surface area contributed by atoms with Crippen molar-refractivity contribution in [2.24, 2.45) is 5.41 Å². The fourth-order valence-corrected chi connectivity index (χ4v) is 8.74. The molecule has 13 nitrogen and oxygen atoms in total. The molecule has 0 spiro atoms. The Morgan fingerprint density at radius 1 is 0.943 bits per heavy atom. The van der Waals surface area contributed by atoms with E-state index >= 15 is 4.79 Å². The first-order valence-electron chi connectivity index (χ1n) is 18.2. The summed E-state index contributed by atoms with van der Waals surface area (Å²) in [6, 6.07) is 24.8. The van der Waals surface area contributed by atoms with Gasteiger partial charge in [-0.3, -0.25) is 19.2 Å². The quantitative estimate of drug-likeness (QED) is 0.143. The summed E-state index contributed by atoms with van der Waals surface area (Å²) in [5.41, 5.74) is 1.63. The third-order valence-corrected chi connectivity index (χ3v) is 10.9. The number of aliphatic hydroxyl groups is 2. The van der Waals surface area contributed by atoms with Crippen LogP contribution in [0.25, 0.3) is 6.08 Å². The minimum atomic E-state index is -1.47. The maximum atomic E-state index is 15.3. The topological polar surface area (TPSA) is 156 Å². The second-order valence-electron chi connectivity index (χ2n) is 14.1. The third-order valence-electron chi connectivity index (χ3n) is 10.9. The van der Waals surface area contributed by atoms with Crippen molar-refractivity contribution in [1.29, 1.82) is 0 Å². The highest BCUT2D eigenvalue weighted by Crippen LogP contribution is 2.60. The predicted octanol–water partition coefficient (Wildman–Crippen LogP) is 2.25. The van der Waals surface area contributed by atoms with Gasteiger partial charge in [-0.15, -0.1) is 0 Å². The molecule has 2 bridgehead atoms. The molecule has 53 heavy (non-hydrogen) atoms. The van der Waals surface area contributed by atoms with Crippen LogP contribution in [-0.4, -0.2) is 107 Å². The molecule has 13 heteroatoms. The summed E-state index contributed by atoms with van der Waals surface area (Å²) in [5, 5.41) is 22.7. The molecule has 4 aliphatic heterocycles. The molecular weight excluding hydrogens is 682 g/mol. The van der Waals surface area contributed by atoms with E-state index in [9.17, 15) is 14.7 Å². The van der Waals surface area contributed by atoms with Gasteiger partial charge in [0.2, 0.25) is 17.6 Å². The summed E-state index contributed by atoms with van der Waals surface area (Å²) in [7, 11) is 0. The molecule has 0 radical (unpaired) electrons. The summed E-state index contributed by atoms with van der Waals surface area (Å²) in [5.74, 6) is -2.72. The average molecular weight is 726 g/mol. The molecule has 278 valence electrons. The van der Waals surface area contributed by atoms with Crippen molar-refractivity contribution in [2.75, 3.05) is 32.9 Å². The Kier molecular flexibility index (Phi) is 9.79. The Morgan fingerprint density at radius 2 is 1.68 bits per heavy atom. The number of likely N-dealkylation sites (tertiary alicyclic amines) is 1. The normalized spacial score (nSPS) is 29.9. The van der Waals surface area contributed by atoms with E-state index in [0.717, 1.165) is 22.3 Å². The molecule has 2 amide bonds. The molecule has 8 rings (SSSR count). The lowest BCUT2D eigenvalue weighted by Crippen LogP contribution is -2.70. The molecule has 0 aromatic heterocycles. The number of hydrogen-bond acceptors (Lipinski definition) is 11. The molecule has 5 fully saturated rings. The molecule has 3 aromatic carbocycles. The van der Waals surface area contributed by atoms with E-state index in [0.29, 0.717) is 19.4 Å². The summed E-state index contributed by atoms with van der Waals surface area (Å²) >= 11 is 0. The van der Waals surface area contributed by atoms with Crippen LogP contribution in [0.3, 0.4) is 0 Å². The van der Waals surface area contributed by atoms with Crippen molar-refractivity contribution in [2.45, 2.75) is 68.1 Å². The number of nitrogens with zero attached hydrogens (tertiary/aromatic N) is 2. The van der Waals surface area contributed by atoms with E-state index in [1.165, 1.54) is 6.26 Å². The number of rotatable bonds is 12. The van der Waals surface area contributed by atoms with Gasteiger partial charge in [-0.1, -0.05) is 84.9 Å². The van der Waals surface area contributed by atoms with Gasteiger partial charge in [0, 0.05) is 30.6 Å². The second kappa shape index (κ2) is 14.7. The Bertz CT molecular complexity index is 1800. The van der Waals surface area contributed by atoms with E-state index in [1.54, 1.807) is 16.0 Å². The fraction of sp³-hybridized carbons (Fsp3) is 0.425. The zero-order chi connectivity index (χ0) is 36.6. The lowest BCUT2D eigenvalue weighted by molar-refractivity contribution is -0.214. The molecule has 3 aromatic rings. The number of ether oxygens (including phenoxy) is 4. The number of benzene rings is 3. The Labute approximate surface area is 307 Å². The molecule has 1 aliphatic carbocycles. The van der Waals surface area contributed by atoms with Crippen molar-refractivity contribution in [3.63, 3.8) is 0 Å². The molecule has 4 saturated heterocycles. The number of aliphatic hydroxyl groups excluding tert-OH is 2. The highest BCUT2D eigenvalue weighted by atomic mass is 16.8. The van der Waals surface area contributed by atoms with Crippen LogP contribution in [0.5, 0.6) is 0 Å². The Balaban J connectivity index is 1.20. The number of amides is 2. The van der Waals surface area contributed by atoms with Crippen LogP contribution in [0.1, 0.15) is 41.5 Å². The SMILES string of the molecule is O=C(NCCO)C1CCCN1C(=O)C12CC3OC(=O)C1N(Cc1cccc(C=COCCO)c1)OC2C1OC(c2ccccc2)(c2ccccc2)OC31. The summed E-state index contributed by atoms with van der Waals surface area (Å²) in [6.45, 7) is 0.371. The van der Waals surface area contributed by atoms with Crippen LogP contribution >= 0.6 is 0 Å². The first-order valence-corrected chi connectivity index (χ1v) is 18.2. The van der Waals surface area contributed by atoms with Gasteiger partial charge in [0.1, 0.15) is 42.5 Å². The van der Waals surface area contributed by atoms with Crippen molar-refractivity contribution in [3.8, 4) is 0 Å². The zero-order valence-electron chi connectivity index (χ0n) is 29.1. The number of carbonyl (C=O) groups is 3. The van der Waals surface area contributed by atoms with Crippen molar-refractivity contribution < 1.29 is 48.4 Å². The van der Waals surface area contributed by atoms with Crippen molar-refractivity contribution in [1.82, 2.24) is 15.3 Å². The van der Waals surface area contributed by atoms with Crippen molar-refractivity contribution >= 4 is 23.9 Å². The van der Waals surface area contributed by atoms with Crippen LogP contribution in [0, 0.1) is 5.41 Å². The molecule has 3 N–H and O–H groups in total. The minimum Gasteiger partial charge on any atom is -0.499 e. The maximum Gasteiger partial charge on any atom is 0.327 e. The summed E-state index contributed by atoms with van der Waals surface area (Å²) in [6.07, 6.45) is 1.01. The molecule has 4 heterocycles. The first kappa shape index (κ1) is 35.4. The van der Waals surface area contributed by atoms with Gasteiger partial charge in [0.25, 0.3) is 0 Å². The largest absolute Gasteiger partial charge is 0.499 e. The van der Waals surface area contributed by atoms with Crippen LogP contribution in [0.2, 0.25) is 0 Å². The summed E-state index contributed by atoms with van der Waals surface area (Å²) in [4.78, 5) is 51.3. The molecule has 1 saturated carbocycles. The third kappa shape index (κ3) is 6.11. The molecular formula is C40H43N3O10. The van der Waals surface area contributed by atoms with Gasteiger partial charge >= 0.3 is 5.97 Å². The van der Waals surface area contributed by atoms with Crippen molar-refractivity contribution in [3.05, 3.63) is 113 Å². The first-order chi connectivity index (χ1) is 25.9. The van der Waals surface area contributed by atoms with Gasteiger partial charge in [-0.05, 0) is 30.0 Å². The lowest BCUT2D eigenvalue weighted by Gasteiger charge is -2.50. The molecule has 7 unspecified atom stereocenters. The lowest BCUT2D eigenvalue weighted by atomic mass is 9.62. The van der Waals surface area contributed by atoms with Crippen LogP contribution < -0.4 is 5.32 Å². The van der Waals surface area contributed by atoms with E-state index in [4.69, 9.17) is 28.9 Å². The maximum absolute atomic E-state index is 15.3. The van der Waals surface area contributed by atoms with E-state index < -0.39 is 53.7 Å².